The molecule has 1 aromatic rings. The molecule has 0 spiro atoms. The Morgan fingerprint density at radius 2 is 2.06 bits per heavy atom. The van der Waals surface area contributed by atoms with Crippen LogP contribution in [0.5, 0.6) is 0 Å². The summed E-state index contributed by atoms with van der Waals surface area (Å²) >= 11 is 3.34. The molecule has 0 unspecified atom stereocenters. The standard InChI is InChI=1S/C13H18BrNO3/c1-9(15-12(16)7-8-18-2)13(17)10-3-5-11(14)6-4-10/h3-6,9,13,17H,7-8H2,1-2H3,(H,15,16)/t9-,13+/m1/s1. The van der Waals surface area contributed by atoms with Crippen molar-refractivity contribution in [3.63, 3.8) is 0 Å². The topological polar surface area (TPSA) is 58.6 Å². The summed E-state index contributed by atoms with van der Waals surface area (Å²) in [5, 5.41) is 12.8. The smallest absolute Gasteiger partial charge is 0.222 e. The van der Waals surface area contributed by atoms with Gasteiger partial charge in [-0.2, -0.15) is 0 Å². The summed E-state index contributed by atoms with van der Waals surface area (Å²) in [5.74, 6) is -0.125. The average Bonchev–Trinajstić information content (AvgIpc) is 2.36. The Morgan fingerprint density at radius 1 is 1.44 bits per heavy atom. The molecule has 0 fully saturated rings. The molecule has 1 aromatic carbocycles. The van der Waals surface area contributed by atoms with Gasteiger partial charge in [0.15, 0.2) is 0 Å². The molecule has 0 aliphatic carbocycles. The zero-order valence-corrected chi connectivity index (χ0v) is 12.1. The predicted molar refractivity (Wildman–Crippen MR) is 73.2 cm³/mol. The van der Waals surface area contributed by atoms with Gasteiger partial charge in [-0.3, -0.25) is 4.79 Å². The van der Waals surface area contributed by atoms with Crippen molar-refractivity contribution in [1.82, 2.24) is 5.32 Å². The molecule has 0 aromatic heterocycles. The van der Waals surface area contributed by atoms with Crippen molar-refractivity contribution in [3.8, 4) is 0 Å². The lowest BCUT2D eigenvalue weighted by Gasteiger charge is -2.20. The highest BCUT2D eigenvalue weighted by molar-refractivity contribution is 9.10. The van der Waals surface area contributed by atoms with Gasteiger partial charge in [0.2, 0.25) is 5.91 Å². The lowest BCUT2D eigenvalue weighted by atomic mass is 10.0. The second-order valence-corrected chi connectivity index (χ2v) is 5.01. The lowest BCUT2D eigenvalue weighted by Crippen LogP contribution is -2.37. The summed E-state index contributed by atoms with van der Waals surface area (Å²) in [6, 6.07) is 7.03. The number of carbonyl (C=O) groups is 1. The molecular formula is C13H18BrNO3. The van der Waals surface area contributed by atoms with Gasteiger partial charge >= 0.3 is 0 Å². The fraction of sp³-hybridized carbons (Fsp3) is 0.462. The molecule has 2 N–H and O–H groups in total. The Balaban J connectivity index is 2.53. The van der Waals surface area contributed by atoms with Gasteiger partial charge in [-0.05, 0) is 24.6 Å². The maximum absolute atomic E-state index is 11.5. The minimum atomic E-state index is -0.718. The summed E-state index contributed by atoms with van der Waals surface area (Å²) < 4.78 is 5.78. The van der Waals surface area contributed by atoms with E-state index in [1.807, 2.05) is 24.3 Å². The molecule has 0 aliphatic heterocycles. The molecule has 4 nitrogen and oxygen atoms in total. The van der Waals surface area contributed by atoms with E-state index in [-0.39, 0.29) is 11.9 Å². The number of halogens is 1. The Kier molecular flexibility index (Phi) is 6.32. The number of aliphatic hydroxyl groups excluding tert-OH is 1. The molecule has 1 rings (SSSR count). The number of carbonyl (C=O) groups excluding carboxylic acids is 1. The number of hydrogen-bond donors (Lipinski definition) is 2. The molecule has 0 aliphatic rings. The van der Waals surface area contributed by atoms with E-state index < -0.39 is 6.10 Å². The normalized spacial score (nSPS) is 14.0. The number of aliphatic hydroxyl groups is 1. The van der Waals surface area contributed by atoms with Crippen molar-refractivity contribution < 1.29 is 14.6 Å². The minimum absolute atomic E-state index is 0.125. The quantitative estimate of drug-likeness (QED) is 0.844. The fourth-order valence-corrected chi connectivity index (χ4v) is 1.81. The number of rotatable bonds is 6. The van der Waals surface area contributed by atoms with E-state index in [0.717, 1.165) is 10.0 Å². The van der Waals surface area contributed by atoms with Crippen LogP contribution in [0.15, 0.2) is 28.7 Å². The highest BCUT2D eigenvalue weighted by Gasteiger charge is 2.18. The third-order valence-electron chi connectivity index (χ3n) is 2.61. The van der Waals surface area contributed by atoms with Gasteiger partial charge in [-0.15, -0.1) is 0 Å². The predicted octanol–water partition coefficient (Wildman–Crippen LogP) is 2.02. The highest BCUT2D eigenvalue weighted by atomic mass is 79.9. The molecule has 0 bridgehead atoms. The third kappa shape index (κ3) is 4.76. The van der Waals surface area contributed by atoms with E-state index in [2.05, 4.69) is 21.2 Å². The first-order valence-electron chi connectivity index (χ1n) is 5.76. The Hall–Kier alpha value is -0.910. The van der Waals surface area contributed by atoms with Crippen molar-refractivity contribution in [3.05, 3.63) is 34.3 Å². The number of methoxy groups -OCH3 is 1. The zero-order chi connectivity index (χ0) is 13.5. The number of amides is 1. The minimum Gasteiger partial charge on any atom is -0.386 e. The van der Waals surface area contributed by atoms with Crippen molar-refractivity contribution in [2.45, 2.75) is 25.5 Å². The average molecular weight is 316 g/mol. The molecule has 2 atom stereocenters. The fourth-order valence-electron chi connectivity index (χ4n) is 1.55. The Bertz CT molecular complexity index is 380. The van der Waals surface area contributed by atoms with Crippen LogP contribution in [0.2, 0.25) is 0 Å². The summed E-state index contributed by atoms with van der Waals surface area (Å²) in [7, 11) is 1.55. The van der Waals surface area contributed by atoms with Crippen molar-refractivity contribution >= 4 is 21.8 Å². The first-order chi connectivity index (χ1) is 8.54. The Labute approximate surface area is 115 Å². The second kappa shape index (κ2) is 7.51. The molecule has 5 heteroatoms. The van der Waals surface area contributed by atoms with Gasteiger partial charge in [0.05, 0.1) is 18.8 Å². The number of hydrogen-bond acceptors (Lipinski definition) is 3. The van der Waals surface area contributed by atoms with E-state index >= 15 is 0 Å². The summed E-state index contributed by atoms with van der Waals surface area (Å²) in [6.07, 6.45) is -0.418. The molecule has 0 heterocycles. The van der Waals surface area contributed by atoms with Gasteiger partial charge in [-0.25, -0.2) is 0 Å². The molecule has 1 amide bonds. The van der Waals surface area contributed by atoms with Gasteiger partial charge in [0, 0.05) is 18.0 Å². The number of ether oxygens (including phenoxy) is 1. The highest BCUT2D eigenvalue weighted by Crippen LogP contribution is 2.19. The van der Waals surface area contributed by atoms with E-state index in [1.54, 1.807) is 14.0 Å². The van der Waals surface area contributed by atoms with E-state index in [9.17, 15) is 9.90 Å². The van der Waals surface area contributed by atoms with Gasteiger partial charge < -0.3 is 15.2 Å². The maximum atomic E-state index is 11.5. The monoisotopic (exact) mass is 315 g/mol. The van der Waals surface area contributed by atoms with Crippen molar-refractivity contribution in [1.29, 1.82) is 0 Å². The molecular weight excluding hydrogens is 298 g/mol. The van der Waals surface area contributed by atoms with Crippen LogP contribution < -0.4 is 5.32 Å². The molecule has 18 heavy (non-hydrogen) atoms. The molecule has 100 valence electrons. The first kappa shape index (κ1) is 15.1. The van der Waals surface area contributed by atoms with E-state index in [4.69, 9.17) is 4.74 Å². The van der Waals surface area contributed by atoms with Crippen LogP contribution in [0.1, 0.15) is 25.0 Å². The van der Waals surface area contributed by atoms with Crippen LogP contribution in [0.4, 0.5) is 0 Å². The van der Waals surface area contributed by atoms with Crippen LogP contribution in [0.3, 0.4) is 0 Å². The van der Waals surface area contributed by atoms with E-state index in [1.165, 1.54) is 0 Å². The molecule has 0 saturated carbocycles. The van der Waals surface area contributed by atoms with Gasteiger partial charge in [0.1, 0.15) is 0 Å². The van der Waals surface area contributed by atoms with Gasteiger partial charge in [0.25, 0.3) is 0 Å². The lowest BCUT2D eigenvalue weighted by molar-refractivity contribution is -0.123. The van der Waals surface area contributed by atoms with Crippen LogP contribution in [-0.2, 0) is 9.53 Å². The Morgan fingerprint density at radius 3 is 2.61 bits per heavy atom. The van der Waals surface area contributed by atoms with Crippen LogP contribution >= 0.6 is 15.9 Å². The van der Waals surface area contributed by atoms with Crippen LogP contribution in [-0.4, -0.2) is 30.8 Å². The molecule has 0 saturated heterocycles. The van der Waals surface area contributed by atoms with Crippen LogP contribution in [0.25, 0.3) is 0 Å². The number of nitrogens with one attached hydrogen (secondary N) is 1. The first-order valence-corrected chi connectivity index (χ1v) is 6.55. The van der Waals surface area contributed by atoms with Gasteiger partial charge in [-0.1, -0.05) is 28.1 Å². The summed E-state index contributed by atoms with van der Waals surface area (Å²) in [5.41, 5.74) is 0.776. The number of benzene rings is 1. The SMILES string of the molecule is COCCC(=O)N[C@H](C)[C@H](O)c1ccc(Br)cc1. The van der Waals surface area contributed by atoms with E-state index in [0.29, 0.717) is 13.0 Å². The summed E-state index contributed by atoms with van der Waals surface area (Å²) in [6.45, 7) is 2.16. The molecule has 0 radical (unpaired) electrons. The third-order valence-corrected chi connectivity index (χ3v) is 3.14. The zero-order valence-electron chi connectivity index (χ0n) is 10.5. The summed E-state index contributed by atoms with van der Waals surface area (Å²) in [4.78, 5) is 11.5. The largest absolute Gasteiger partial charge is 0.386 e. The van der Waals surface area contributed by atoms with Crippen molar-refractivity contribution in [2.24, 2.45) is 0 Å². The van der Waals surface area contributed by atoms with Crippen LogP contribution in [0, 0.1) is 0 Å². The maximum Gasteiger partial charge on any atom is 0.222 e. The second-order valence-electron chi connectivity index (χ2n) is 4.10. The van der Waals surface area contributed by atoms with Crippen molar-refractivity contribution in [2.75, 3.05) is 13.7 Å².